The number of nitriles is 1. The van der Waals surface area contributed by atoms with Crippen LogP contribution in [0.5, 0.6) is 0 Å². The van der Waals surface area contributed by atoms with E-state index in [-0.39, 0.29) is 35.6 Å². The molecule has 1 unspecified atom stereocenters. The van der Waals surface area contributed by atoms with Crippen LogP contribution in [0.2, 0.25) is 0 Å². The summed E-state index contributed by atoms with van der Waals surface area (Å²) in [5.74, 6) is -1.97. The number of carbonyl (C=O) groups excluding carboxylic acids is 5. The zero-order valence-corrected chi connectivity index (χ0v) is 27.0. The van der Waals surface area contributed by atoms with Gasteiger partial charge in [0.15, 0.2) is 6.29 Å². The summed E-state index contributed by atoms with van der Waals surface area (Å²) in [5.41, 5.74) is -1.10. The molecule has 4 amide bonds. The van der Waals surface area contributed by atoms with E-state index in [4.69, 9.17) is 5.26 Å². The highest BCUT2D eigenvalue weighted by atomic mass is 19.4. The maximum Gasteiger partial charge on any atom is 0.417 e. The first-order valence-corrected chi connectivity index (χ1v) is 15.6. The van der Waals surface area contributed by atoms with Crippen molar-refractivity contribution in [3.05, 3.63) is 76.6 Å². The van der Waals surface area contributed by atoms with Crippen LogP contribution in [0.1, 0.15) is 82.9 Å². The number of aldehydes is 1. The van der Waals surface area contributed by atoms with Gasteiger partial charge in [0.1, 0.15) is 11.6 Å². The number of anilines is 2. The van der Waals surface area contributed by atoms with Crippen molar-refractivity contribution in [3.63, 3.8) is 0 Å². The van der Waals surface area contributed by atoms with Gasteiger partial charge < -0.3 is 15.1 Å². The molecule has 2 aromatic carbocycles. The Labute approximate surface area is 279 Å². The third-order valence-corrected chi connectivity index (χ3v) is 9.16. The first kappa shape index (κ1) is 34.8. The number of hydrogen-bond donors (Lipinski definition) is 2. The minimum atomic E-state index is -4.76. The Bertz CT molecular complexity index is 1850. The Morgan fingerprint density at radius 2 is 1.82 bits per heavy atom. The van der Waals surface area contributed by atoms with Crippen LogP contribution in [-0.2, 0) is 26.1 Å². The number of nitrogens with zero attached hydrogens (tertiary/aromatic N) is 5. The number of amides is 4. The molecule has 2 aliphatic heterocycles. The van der Waals surface area contributed by atoms with Crippen LogP contribution in [-0.4, -0.2) is 70.8 Å². The summed E-state index contributed by atoms with van der Waals surface area (Å²) in [4.78, 5) is 65.7. The zero-order chi connectivity index (χ0) is 35.7. The quantitative estimate of drug-likeness (QED) is 0.265. The van der Waals surface area contributed by atoms with E-state index in [0.29, 0.717) is 32.2 Å². The van der Waals surface area contributed by atoms with Gasteiger partial charge in [-0.05, 0) is 81.0 Å². The number of carbonyl (C=O) groups is 5. The average Bonchev–Trinajstić information content (AvgIpc) is 3.58. The number of imide groups is 1. The van der Waals surface area contributed by atoms with Crippen LogP contribution in [0.25, 0.3) is 0 Å². The lowest BCUT2D eigenvalue weighted by Gasteiger charge is -2.34. The summed E-state index contributed by atoms with van der Waals surface area (Å²) >= 11 is 0. The number of likely N-dealkylation sites (N-methyl/N-ethyl adjacent to an activating group) is 1. The molecule has 0 aliphatic carbocycles. The largest absolute Gasteiger partial charge is 0.417 e. The number of nitrogens with one attached hydrogen (secondary N) is 2. The standard InChI is InChI=1S/C34H34F3N7O5/c1-33(2,32(49)40-24-6-4-21(16-38)27(14-24)34(35,36)37)44-18-23(17-39-44)20-10-12-43(13-11-20)25-7-5-22(19-45)26(15-25)31(48)42(3)28-8-9-29(46)41-30(28)47/h4-7,14-15,17-20,28H,8-13H2,1-3H3,(H,40,49)(H,41,46,47). The summed E-state index contributed by atoms with van der Waals surface area (Å²) in [5, 5.41) is 18.2. The molecule has 3 heterocycles. The number of hydrogen-bond acceptors (Lipinski definition) is 8. The Balaban J connectivity index is 1.24. The lowest BCUT2D eigenvalue weighted by atomic mass is 9.91. The summed E-state index contributed by atoms with van der Waals surface area (Å²) < 4.78 is 41.7. The fraction of sp³-hybridized carbons (Fsp3) is 0.382. The second-order valence-corrected chi connectivity index (χ2v) is 12.6. The monoisotopic (exact) mass is 677 g/mol. The van der Waals surface area contributed by atoms with Crippen molar-refractivity contribution in [3.8, 4) is 6.07 Å². The van der Waals surface area contributed by atoms with Crippen molar-refractivity contribution in [2.45, 2.75) is 63.2 Å². The molecule has 15 heteroatoms. The molecule has 12 nitrogen and oxygen atoms in total. The minimum Gasteiger partial charge on any atom is -0.371 e. The molecule has 1 atom stereocenters. The average molecular weight is 678 g/mol. The summed E-state index contributed by atoms with van der Waals surface area (Å²) in [6.07, 6.45) is 0.954. The summed E-state index contributed by atoms with van der Waals surface area (Å²) in [7, 11) is 1.47. The maximum atomic E-state index is 13.4. The van der Waals surface area contributed by atoms with Gasteiger partial charge in [0, 0.05) is 49.7 Å². The Hall–Kier alpha value is -5.52. The first-order chi connectivity index (χ1) is 23.1. The van der Waals surface area contributed by atoms with Gasteiger partial charge in [-0.25, -0.2) is 0 Å². The van der Waals surface area contributed by atoms with Gasteiger partial charge >= 0.3 is 6.18 Å². The van der Waals surface area contributed by atoms with Gasteiger partial charge in [-0.3, -0.25) is 34.0 Å². The lowest BCUT2D eigenvalue weighted by molar-refractivity contribution is -0.138. The van der Waals surface area contributed by atoms with Crippen molar-refractivity contribution < 1.29 is 37.1 Å². The van der Waals surface area contributed by atoms with Crippen LogP contribution in [0.3, 0.4) is 0 Å². The molecule has 2 N–H and O–H groups in total. The molecule has 1 aromatic heterocycles. The van der Waals surface area contributed by atoms with E-state index in [0.717, 1.165) is 23.4 Å². The first-order valence-electron chi connectivity index (χ1n) is 15.6. The molecule has 2 saturated heterocycles. The van der Waals surface area contributed by atoms with Crippen molar-refractivity contribution in [2.75, 3.05) is 30.4 Å². The normalized spacial score (nSPS) is 17.2. The summed E-state index contributed by atoms with van der Waals surface area (Å²) in [6.45, 7) is 4.40. The van der Waals surface area contributed by atoms with Crippen molar-refractivity contribution in [1.82, 2.24) is 20.0 Å². The van der Waals surface area contributed by atoms with Gasteiger partial charge in [0.2, 0.25) is 11.8 Å². The summed E-state index contributed by atoms with van der Waals surface area (Å²) in [6, 6.07) is 8.64. The SMILES string of the molecule is CN(C(=O)c1cc(N2CCC(c3cnn(C(C)(C)C(=O)Nc4ccc(C#N)c(C(F)(F)F)c4)c3)CC2)ccc1C=O)C1CCC(=O)NC1=O. The molecule has 2 aliphatic rings. The number of piperidine rings is 2. The second-order valence-electron chi connectivity index (χ2n) is 12.6. The maximum absolute atomic E-state index is 13.4. The molecule has 0 bridgehead atoms. The Kier molecular flexibility index (Phi) is 9.62. The molecule has 5 rings (SSSR count). The van der Waals surface area contributed by atoms with Crippen LogP contribution in [0, 0.1) is 11.3 Å². The van der Waals surface area contributed by atoms with Crippen molar-refractivity contribution in [1.29, 1.82) is 5.26 Å². The topological polar surface area (TPSA) is 157 Å². The van der Waals surface area contributed by atoms with Crippen LogP contribution < -0.4 is 15.5 Å². The molecular weight excluding hydrogens is 643 g/mol. The lowest BCUT2D eigenvalue weighted by Crippen LogP contribution is -2.53. The number of alkyl halides is 3. The molecule has 0 spiro atoms. The molecule has 3 aromatic rings. The molecular formula is C34H34F3N7O5. The van der Waals surface area contributed by atoms with Crippen molar-refractivity contribution in [2.24, 2.45) is 0 Å². The van der Waals surface area contributed by atoms with E-state index >= 15 is 0 Å². The molecule has 256 valence electrons. The van der Waals surface area contributed by atoms with Crippen LogP contribution in [0.15, 0.2) is 48.8 Å². The predicted octanol–water partition coefficient (Wildman–Crippen LogP) is 4.22. The highest BCUT2D eigenvalue weighted by Crippen LogP contribution is 2.35. The minimum absolute atomic E-state index is 0.0886. The van der Waals surface area contributed by atoms with E-state index in [1.165, 1.54) is 28.8 Å². The van der Waals surface area contributed by atoms with E-state index in [9.17, 15) is 37.1 Å². The highest BCUT2D eigenvalue weighted by molar-refractivity contribution is 6.06. The number of aromatic nitrogens is 2. The van der Waals surface area contributed by atoms with Gasteiger partial charge in [-0.15, -0.1) is 0 Å². The number of halogens is 3. The fourth-order valence-corrected chi connectivity index (χ4v) is 6.08. The molecule has 2 fully saturated rings. The number of benzene rings is 2. The third kappa shape index (κ3) is 7.18. The fourth-order valence-electron chi connectivity index (χ4n) is 6.08. The van der Waals surface area contributed by atoms with Crippen LogP contribution in [0.4, 0.5) is 24.5 Å². The predicted molar refractivity (Wildman–Crippen MR) is 171 cm³/mol. The molecule has 49 heavy (non-hydrogen) atoms. The Morgan fingerprint density at radius 3 is 2.45 bits per heavy atom. The van der Waals surface area contributed by atoms with Gasteiger partial charge in [-0.1, -0.05) is 0 Å². The zero-order valence-electron chi connectivity index (χ0n) is 27.0. The van der Waals surface area contributed by atoms with E-state index in [2.05, 4.69) is 20.6 Å². The Morgan fingerprint density at radius 1 is 1.10 bits per heavy atom. The van der Waals surface area contributed by atoms with E-state index in [1.54, 1.807) is 44.4 Å². The van der Waals surface area contributed by atoms with E-state index < -0.39 is 52.5 Å². The van der Waals surface area contributed by atoms with Gasteiger partial charge in [0.05, 0.1) is 29.0 Å². The molecule has 0 radical (unpaired) electrons. The van der Waals surface area contributed by atoms with Crippen molar-refractivity contribution >= 4 is 41.3 Å². The third-order valence-electron chi connectivity index (χ3n) is 9.16. The van der Waals surface area contributed by atoms with Crippen LogP contribution >= 0.6 is 0 Å². The van der Waals surface area contributed by atoms with Gasteiger partial charge in [-0.2, -0.15) is 23.5 Å². The van der Waals surface area contributed by atoms with Gasteiger partial charge in [0.25, 0.3) is 11.8 Å². The van der Waals surface area contributed by atoms with E-state index in [1.807, 2.05) is 0 Å². The second kappa shape index (κ2) is 13.5. The number of rotatable bonds is 8. The smallest absolute Gasteiger partial charge is 0.371 e. The highest BCUT2D eigenvalue weighted by Gasteiger charge is 2.36. The molecule has 0 saturated carbocycles.